The molecule has 4 aromatic rings. The molecule has 0 saturated carbocycles. The summed E-state index contributed by atoms with van der Waals surface area (Å²) in [5.74, 6) is 0.520. The number of carbonyl (C=O) groups excluding carboxylic acids is 1. The van der Waals surface area contributed by atoms with Gasteiger partial charge in [-0.05, 0) is 53.6 Å². The third-order valence-electron chi connectivity index (χ3n) is 4.78. The molecule has 0 saturated heterocycles. The average molecular weight is 600 g/mol. The van der Waals surface area contributed by atoms with E-state index in [0.29, 0.717) is 44.6 Å². The van der Waals surface area contributed by atoms with Crippen molar-refractivity contribution >= 4 is 74.1 Å². The molecular formula is C24H16BrCl4N3O2. The standard InChI is InChI=1S/C24H16BrCl4N3O2/c25-17-6-8-22(20(28)10-17)34-13-14-1-4-16(5-2-14)24(33)30-23-21(29)12-32(31-23)11-15-3-7-18(26)19(27)9-15/h1-10,12H,11,13H2,(H,30,31,33). The first-order chi connectivity index (χ1) is 16.3. The molecule has 1 heterocycles. The van der Waals surface area contributed by atoms with Crippen molar-refractivity contribution in [2.45, 2.75) is 13.2 Å². The molecule has 1 amide bonds. The number of nitrogens with one attached hydrogen (secondary N) is 1. The second kappa shape index (κ2) is 11.0. The van der Waals surface area contributed by atoms with Gasteiger partial charge in [0.1, 0.15) is 17.4 Å². The molecule has 0 radical (unpaired) electrons. The van der Waals surface area contributed by atoms with Gasteiger partial charge in [-0.2, -0.15) is 5.10 Å². The first-order valence-electron chi connectivity index (χ1n) is 9.93. The van der Waals surface area contributed by atoms with Gasteiger partial charge in [0.05, 0.1) is 21.6 Å². The maximum Gasteiger partial charge on any atom is 0.256 e. The molecule has 1 N–H and O–H groups in total. The van der Waals surface area contributed by atoms with E-state index in [4.69, 9.17) is 51.1 Å². The fourth-order valence-corrected chi connectivity index (χ4v) is 4.32. The Morgan fingerprint density at radius 1 is 0.882 bits per heavy atom. The van der Waals surface area contributed by atoms with Gasteiger partial charge in [0.15, 0.2) is 5.82 Å². The van der Waals surface area contributed by atoms with E-state index in [2.05, 4.69) is 26.3 Å². The van der Waals surface area contributed by atoms with E-state index in [1.807, 2.05) is 24.3 Å². The van der Waals surface area contributed by atoms with Gasteiger partial charge in [-0.3, -0.25) is 9.48 Å². The molecule has 34 heavy (non-hydrogen) atoms. The van der Waals surface area contributed by atoms with Crippen molar-refractivity contribution in [2.75, 3.05) is 5.32 Å². The van der Waals surface area contributed by atoms with Gasteiger partial charge in [-0.1, -0.05) is 80.5 Å². The van der Waals surface area contributed by atoms with Crippen LogP contribution in [-0.2, 0) is 13.2 Å². The minimum absolute atomic E-state index is 0.268. The molecule has 4 rings (SSSR count). The maximum atomic E-state index is 12.7. The first kappa shape index (κ1) is 24.9. The highest BCUT2D eigenvalue weighted by Crippen LogP contribution is 2.28. The van der Waals surface area contributed by atoms with E-state index >= 15 is 0 Å². The number of aromatic nitrogens is 2. The summed E-state index contributed by atoms with van der Waals surface area (Å²) in [4.78, 5) is 12.7. The van der Waals surface area contributed by atoms with E-state index in [9.17, 15) is 4.79 Å². The number of hydrogen-bond donors (Lipinski definition) is 1. The Bertz CT molecular complexity index is 1340. The minimum atomic E-state index is -0.329. The highest BCUT2D eigenvalue weighted by Gasteiger charge is 2.13. The van der Waals surface area contributed by atoms with Crippen molar-refractivity contribution in [1.29, 1.82) is 0 Å². The first-order valence-corrected chi connectivity index (χ1v) is 12.2. The van der Waals surface area contributed by atoms with Crippen LogP contribution in [0.3, 0.4) is 0 Å². The molecule has 174 valence electrons. The second-order valence-electron chi connectivity index (χ2n) is 7.29. The fourth-order valence-electron chi connectivity index (χ4n) is 3.07. The number of rotatable bonds is 7. The molecule has 0 aliphatic heterocycles. The van der Waals surface area contributed by atoms with Crippen LogP contribution in [0.2, 0.25) is 20.1 Å². The van der Waals surface area contributed by atoms with Crippen molar-refractivity contribution in [1.82, 2.24) is 9.78 Å². The summed E-state index contributed by atoms with van der Waals surface area (Å²) in [6, 6.07) is 17.8. The normalized spacial score (nSPS) is 10.9. The Morgan fingerprint density at radius 3 is 2.32 bits per heavy atom. The van der Waals surface area contributed by atoms with Crippen LogP contribution in [-0.4, -0.2) is 15.7 Å². The molecule has 0 aliphatic carbocycles. The number of hydrogen-bond acceptors (Lipinski definition) is 3. The number of amides is 1. The summed E-state index contributed by atoms with van der Waals surface area (Å²) in [5.41, 5.74) is 2.24. The third kappa shape index (κ3) is 6.26. The Morgan fingerprint density at radius 2 is 1.62 bits per heavy atom. The molecule has 0 fully saturated rings. The molecule has 3 aromatic carbocycles. The second-order valence-corrected chi connectivity index (χ2v) is 9.83. The van der Waals surface area contributed by atoms with Crippen LogP contribution in [0, 0.1) is 0 Å². The Kier molecular flexibility index (Phi) is 8.06. The van der Waals surface area contributed by atoms with Gasteiger partial charge in [-0.15, -0.1) is 0 Å². The molecule has 0 spiro atoms. The summed E-state index contributed by atoms with van der Waals surface area (Å²) in [6.45, 7) is 0.734. The highest BCUT2D eigenvalue weighted by molar-refractivity contribution is 9.10. The van der Waals surface area contributed by atoms with E-state index in [-0.39, 0.29) is 11.7 Å². The van der Waals surface area contributed by atoms with Crippen LogP contribution in [0.25, 0.3) is 0 Å². The predicted octanol–water partition coefficient (Wildman–Crippen LogP) is 8.14. The van der Waals surface area contributed by atoms with Crippen molar-refractivity contribution in [3.63, 3.8) is 0 Å². The molecular weight excluding hydrogens is 584 g/mol. The van der Waals surface area contributed by atoms with Crippen LogP contribution in [0.1, 0.15) is 21.5 Å². The number of benzene rings is 3. The molecule has 0 bridgehead atoms. The molecule has 0 aliphatic rings. The Labute approximate surface area is 224 Å². The van der Waals surface area contributed by atoms with Crippen LogP contribution in [0.5, 0.6) is 5.75 Å². The zero-order valence-corrected chi connectivity index (χ0v) is 22.0. The summed E-state index contributed by atoms with van der Waals surface area (Å²) in [5, 5.41) is 8.87. The van der Waals surface area contributed by atoms with Crippen LogP contribution >= 0.6 is 62.3 Å². The van der Waals surface area contributed by atoms with Crippen molar-refractivity contribution in [3.05, 3.63) is 108 Å². The average Bonchev–Trinajstić information content (AvgIpc) is 3.14. The maximum absolute atomic E-state index is 12.7. The summed E-state index contributed by atoms with van der Waals surface area (Å²) < 4.78 is 8.25. The topological polar surface area (TPSA) is 56.2 Å². The lowest BCUT2D eigenvalue weighted by Gasteiger charge is -2.09. The lowest BCUT2D eigenvalue weighted by atomic mass is 10.1. The smallest absolute Gasteiger partial charge is 0.256 e. The summed E-state index contributed by atoms with van der Waals surface area (Å²) in [6.07, 6.45) is 1.63. The number of anilines is 1. The van der Waals surface area contributed by atoms with E-state index < -0.39 is 0 Å². The van der Waals surface area contributed by atoms with E-state index in [0.717, 1.165) is 15.6 Å². The number of nitrogens with zero attached hydrogens (tertiary/aromatic N) is 2. The summed E-state index contributed by atoms with van der Waals surface area (Å²) >= 11 is 27.8. The number of carbonyl (C=O) groups is 1. The van der Waals surface area contributed by atoms with Gasteiger partial charge >= 0.3 is 0 Å². The number of halogens is 5. The Hall–Kier alpha value is -2.22. The van der Waals surface area contributed by atoms with Crippen molar-refractivity contribution in [3.8, 4) is 5.75 Å². The molecule has 10 heteroatoms. The number of ether oxygens (including phenoxy) is 1. The predicted molar refractivity (Wildman–Crippen MR) is 141 cm³/mol. The van der Waals surface area contributed by atoms with Gasteiger partial charge in [0.25, 0.3) is 5.91 Å². The zero-order chi connectivity index (χ0) is 24.2. The highest BCUT2D eigenvalue weighted by atomic mass is 79.9. The van der Waals surface area contributed by atoms with E-state index in [1.165, 1.54) is 0 Å². The zero-order valence-electron chi connectivity index (χ0n) is 17.4. The monoisotopic (exact) mass is 597 g/mol. The molecule has 0 unspecified atom stereocenters. The largest absolute Gasteiger partial charge is 0.487 e. The van der Waals surface area contributed by atoms with Gasteiger partial charge in [0.2, 0.25) is 0 Å². The van der Waals surface area contributed by atoms with Crippen LogP contribution in [0.15, 0.2) is 71.3 Å². The molecule has 5 nitrogen and oxygen atoms in total. The van der Waals surface area contributed by atoms with Crippen LogP contribution < -0.4 is 10.1 Å². The van der Waals surface area contributed by atoms with Crippen molar-refractivity contribution < 1.29 is 9.53 Å². The van der Waals surface area contributed by atoms with Crippen molar-refractivity contribution in [2.24, 2.45) is 0 Å². The molecule has 1 aromatic heterocycles. The lowest BCUT2D eigenvalue weighted by molar-refractivity contribution is 0.102. The minimum Gasteiger partial charge on any atom is -0.487 e. The van der Waals surface area contributed by atoms with E-state index in [1.54, 1.807) is 47.3 Å². The summed E-state index contributed by atoms with van der Waals surface area (Å²) in [7, 11) is 0. The van der Waals surface area contributed by atoms with Gasteiger partial charge in [-0.25, -0.2) is 0 Å². The quantitative estimate of drug-likeness (QED) is 0.233. The third-order valence-corrected chi connectivity index (χ3v) is 6.59. The van der Waals surface area contributed by atoms with Crippen LogP contribution in [0.4, 0.5) is 5.82 Å². The lowest BCUT2D eigenvalue weighted by Crippen LogP contribution is -2.13. The SMILES string of the molecule is O=C(Nc1nn(Cc2ccc(Cl)c(Cl)c2)cc1Cl)c1ccc(COc2ccc(Br)cc2Cl)cc1. The fraction of sp³-hybridized carbons (Fsp3) is 0.0833. The van der Waals surface area contributed by atoms with Gasteiger partial charge < -0.3 is 10.1 Å². The Balaban J connectivity index is 1.37. The molecule has 0 atom stereocenters. The van der Waals surface area contributed by atoms with Gasteiger partial charge in [0, 0.05) is 16.2 Å².